The van der Waals surface area contributed by atoms with Crippen LogP contribution < -0.4 is 5.32 Å². The number of aliphatic hydroxyl groups excluding tert-OH is 8. The molecule has 2 aliphatic rings. The van der Waals surface area contributed by atoms with Gasteiger partial charge >= 0.3 is 0 Å². The molecule has 9 N–H and O–H groups in total. The summed E-state index contributed by atoms with van der Waals surface area (Å²) in [5.74, 6) is -0.235. The minimum Gasteiger partial charge on any atom is -0.394 e. The van der Waals surface area contributed by atoms with Crippen LogP contribution in [0.5, 0.6) is 0 Å². The lowest BCUT2D eigenvalue weighted by Crippen LogP contribution is -2.65. The molecule has 548 valence electrons. The Labute approximate surface area is 574 Å². The van der Waals surface area contributed by atoms with Crippen molar-refractivity contribution >= 4 is 5.91 Å². The van der Waals surface area contributed by atoms with E-state index < -0.39 is 86.8 Å². The molecule has 0 bridgehead atoms. The molecule has 14 nitrogen and oxygen atoms in total. The molecule has 0 saturated carbocycles. The Morgan fingerprint density at radius 1 is 0.394 bits per heavy atom. The Morgan fingerprint density at radius 3 is 1.13 bits per heavy atom. The van der Waals surface area contributed by atoms with E-state index >= 15 is 0 Å². The Kier molecular flexibility index (Phi) is 59.4. The first kappa shape index (κ1) is 87.5. The molecule has 2 heterocycles. The quantitative estimate of drug-likeness (QED) is 0.0204. The van der Waals surface area contributed by atoms with Crippen LogP contribution in [0.15, 0.2) is 72.9 Å². The van der Waals surface area contributed by atoms with Crippen LogP contribution in [-0.2, 0) is 23.7 Å². The maximum atomic E-state index is 13.4. The second-order valence-electron chi connectivity index (χ2n) is 27.5. The molecule has 2 aliphatic heterocycles. The van der Waals surface area contributed by atoms with Gasteiger partial charge in [-0.15, -0.1) is 0 Å². The Hall–Kier alpha value is -2.57. The van der Waals surface area contributed by atoms with Crippen molar-refractivity contribution in [3.05, 3.63) is 72.9 Å². The van der Waals surface area contributed by atoms with E-state index in [9.17, 15) is 45.6 Å². The van der Waals surface area contributed by atoms with Crippen molar-refractivity contribution < 1.29 is 64.6 Å². The van der Waals surface area contributed by atoms with Crippen molar-refractivity contribution in [2.45, 2.75) is 408 Å². The number of unbranched alkanes of at least 4 members (excludes halogenated alkanes) is 42. The predicted octanol–water partition coefficient (Wildman–Crippen LogP) is 17.4. The molecule has 0 aliphatic carbocycles. The predicted molar refractivity (Wildman–Crippen MR) is 387 cm³/mol. The maximum Gasteiger partial charge on any atom is 0.220 e. The molecular weight excluding hydrogens is 1180 g/mol. The third-order valence-electron chi connectivity index (χ3n) is 18.9. The van der Waals surface area contributed by atoms with Crippen LogP contribution in [-0.4, -0.2) is 140 Å². The van der Waals surface area contributed by atoms with Gasteiger partial charge in [-0.05, 0) is 64.2 Å². The minimum atomic E-state index is -1.79. The van der Waals surface area contributed by atoms with Gasteiger partial charge in [0, 0.05) is 6.42 Å². The van der Waals surface area contributed by atoms with Crippen molar-refractivity contribution in [2.75, 3.05) is 19.8 Å². The molecule has 0 spiro atoms. The largest absolute Gasteiger partial charge is 0.394 e. The summed E-state index contributed by atoms with van der Waals surface area (Å²) < 4.78 is 22.9. The summed E-state index contributed by atoms with van der Waals surface area (Å²) in [4.78, 5) is 13.4. The van der Waals surface area contributed by atoms with E-state index in [0.717, 1.165) is 70.6 Å². The fourth-order valence-corrected chi connectivity index (χ4v) is 12.7. The molecule has 0 aromatic carbocycles. The van der Waals surface area contributed by atoms with E-state index in [4.69, 9.17) is 18.9 Å². The van der Waals surface area contributed by atoms with Gasteiger partial charge in [-0.25, -0.2) is 0 Å². The Morgan fingerprint density at radius 2 is 0.734 bits per heavy atom. The first-order valence-corrected chi connectivity index (χ1v) is 39.2. The average Bonchev–Trinajstić information content (AvgIpc) is 0.794. The summed E-state index contributed by atoms with van der Waals surface area (Å²) in [6.07, 6.45) is 71.1. The number of allylic oxidation sites excluding steroid dienone is 11. The SMILES string of the molecule is CC/C=C\C/C=C\C/C=C\C/C=C\C/C=C\CCCCCCCCCCCCCCCCCCCC(=O)NC(COC1OC(CO)C(OC2OC(CO)C(O)C(O)C2O)C(O)C1O)C(O)/C=C/CCCCCCCCCCCCCCCCCCCCCCCCCCC. The van der Waals surface area contributed by atoms with E-state index in [0.29, 0.717) is 6.42 Å². The van der Waals surface area contributed by atoms with Gasteiger partial charge in [0.2, 0.25) is 5.91 Å². The molecule has 2 rings (SSSR count). The number of carbonyl (C=O) groups excluding carboxylic acids is 1. The summed E-state index contributed by atoms with van der Waals surface area (Å²) in [7, 11) is 0. The zero-order valence-corrected chi connectivity index (χ0v) is 60.0. The van der Waals surface area contributed by atoms with Crippen molar-refractivity contribution in [1.82, 2.24) is 5.32 Å². The first-order chi connectivity index (χ1) is 46.1. The van der Waals surface area contributed by atoms with Gasteiger partial charge < -0.3 is 65.1 Å². The van der Waals surface area contributed by atoms with E-state index in [1.165, 1.54) is 238 Å². The third-order valence-corrected chi connectivity index (χ3v) is 18.9. The number of amides is 1. The molecule has 2 fully saturated rings. The number of hydrogen-bond acceptors (Lipinski definition) is 13. The number of rotatable bonds is 65. The smallest absolute Gasteiger partial charge is 0.220 e. The topological polar surface area (TPSA) is 228 Å². The Bertz CT molecular complexity index is 1860. The molecule has 0 aromatic heterocycles. The lowest BCUT2D eigenvalue weighted by molar-refractivity contribution is -0.359. The van der Waals surface area contributed by atoms with E-state index in [-0.39, 0.29) is 18.9 Å². The molecule has 0 radical (unpaired) electrons. The van der Waals surface area contributed by atoms with Crippen molar-refractivity contribution in [2.24, 2.45) is 0 Å². The van der Waals surface area contributed by atoms with Gasteiger partial charge in [0.15, 0.2) is 12.6 Å². The standard InChI is InChI=1S/C80H145NO13/c1-3-5-7-9-11-13-15-17-19-21-23-25-27-29-31-32-33-34-35-36-38-40-42-44-46-48-50-52-54-56-58-60-62-64-72(85)81-68(67-91-79-77(90)75(88)78(71(66-83)93-79)94-80-76(89)74(87)73(86)70(65-82)92-80)69(84)63-61-59-57-55-53-51-49-47-45-43-41-39-37-30-28-26-24-22-20-18-16-14-12-10-8-6-4-2/h5,7,11,13,17,19,23,25,29,31,61,63,68-71,73-80,82-84,86-90H,3-4,6,8-10,12,14-16,18,20-22,24,26-28,30,32-60,62,64-67H2,1-2H3,(H,81,85)/b7-5-,13-11-,19-17-,25-23-,31-29-,63-61+. The molecule has 2 saturated heterocycles. The van der Waals surface area contributed by atoms with Crippen LogP contribution >= 0.6 is 0 Å². The lowest BCUT2D eigenvalue weighted by atomic mass is 9.97. The van der Waals surface area contributed by atoms with Crippen molar-refractivity contribution in [3.63, 3.8) is 0 Å². The van der Waals surface area contributed by atoms with Gasteiger partial charge in [0.25, 0.3) is 0 Å². The highest BCUT2D eigenvalue weighted by Crippen LogP contribution is 2.30. The molecule has 12 unspecified atom stereocenters. The summed E-state index contributed by atoms with van der Waals surface area (Å²) in [6, 6.07) is -0.919. The molecule has 0 aromatic rings. The normalized spacial score (nSPS) is 22.8. The fraction of sp³-hybridized carbons (Fsp3) is 0.838. The van der Waals surface area contributed by atoms with Crippen LogP contribution in [0.3, 0.4) is 0 Å². The van der Waals surface area contributed by atoms with Gasteiger partial charge in [-0.2, -0.15) is 0 Å². The highest BCUT2D eigenvalue weighted by atomic mass is 16.7. The van der Waals surface area contributed by atoms with Crippen LogP contribution in [0.4, 0.5) is 0 Å². The lowest BCUT2D eigenvalue weighted by Gasteiger charge is -2.46. The molecule has 1 amide bonds. The number of hydrogen-bond donors (Lipinski definition) is 9. The van der Waals surface area contributed by atoms with Gasteiger partial charge in [0.05, 0.1) is 32.0 Å². The molecular formula is C80H145NO13. The second kappa shape index (κ2) is 63.8. The Balaban J connectivity index is 1.63. The van der Waals surface area contributed by atoms with Crippen molar-refractivity contribution in [3.8, 4) is 0 Å². The summed E-state index contributed by atoms with van der Waals surface area (Å²) in [6.45, 7) is 2.73. The number of aliphatic hydroxyl groups is 8. The summed E-state index contributed by atoms with van der Waals surface area (Å²) in [5.41, 5.74) is 0. The minimum absolute atomic E-state index is 0.235. The molecule has 14 heteroatoms. The monoisotopic (exact) mass is 1330 g/mol. The number of carbonyl (C=O) groups is 1. The van der Waals surface area contributed by atoms with Gasteiger partial charge in [-0.3, -0.25) is 4.79 Å². The zero-order chi connectivity index (χ0) is 68.0. The molecule has 94 heavy (non-hydrogen) atoms. The molecule has 12 atom stereocenters. The highest BCUT2D eigenvalue weighted by molar-refractivity contribution is 5.76. The van der Waals surface area contributed by atoms with Gasteiger partial charge in [0.1, 0.15) is 48.8 Å². The average molecular weight is 1330 g/mol. The fourth-order valence-electron chi connectivity index (χ4n) is 12.7. The summed E-state index contributed by atoms with van der Waals surface area (Å²) in [5, 5.41) is 87.7. The van der Waals surface area contributed by atoms with E-state index in [1.807, 2.05) is 6.08 Å². The van der Waals surface area contributed by atoms with Crippen LogP contribution in [0.25, 0.3) is 0 Å². The van der Waals surface area contributed by atoms with Crippen molar-refractivity contribution in [1.29, 1.82) is 0 Å². The number of nitrogens with one attached hydrogen (secondary N) is 1. The maximum absolute atomic E-state index is 13.4. The second-order valence-corrected chi connectivity index (χ2v) is 27.5. The highest BCUT2D eigenvalue weighted by Gasteiger charge is 2.51. The van der Waals surface area contributed by atoms with Crippen LogP contribution in [0.1, 0.15) is 335 Å². The zero-order valence-electron chi connectivity index (χ0n) is 60.0. The summed E-state index contributed by atoms with van der Waals surface area (Å²) >= 11 is 0. The van der Waals surface area contributed by atoms with Gasteiger partial charge in [-0.1, -0.05) is 337 Å². The van der Waals surface area contributed by atoms with E-state index in [2.05, 4.69) is 79.9 Å². The van der Waals surface area contributed by atoms with Crippen LogP contribution in [0.2, 0.25) is 0 Å². The van der Waals surface area contributed by atoms with E-state index in [1.54, 1.807) is 6.08 Å². The third kappa shape index (κ3) is 46.7. The number of ether oxygens (including phenoxy) is 4. The first-order valence-electron chi connectivity index (χ1n) is 39.2. The van der Waals surface area contributed by atoms with Crippen LogP contribution in [0, 0.1) is 0 Å².